The van der Waals surface area contributed by atoms with E-state index in [0.29, 0.717) is 0 Å². The van der Waals surface area contributed by atoms with E-state index in [0.717, 1.165) is 5.59 Å². The summed E-state index contributed by atoms with van der Waals surface area (Å²) in [4.78, 5) is 3.94. The lowest BCUT2D eigenvalue weighted by Gasteiger charge is -2.32. The van der Waals surface area contributed by atoms with E-state index in [-0.39, 0.29) is 11.2 Å². The topological polar surface area (TPSA) is 62.3 Å². The summed E-state index contributed by atoms with van der Waals surface area (Å²) in [6.07, 6.45) is 3.18. The minimum Gasteiger partial charge on any atom is -0.398 e. The third-order valence-corrected chi connectivity index (χ3v) is 3.19. The lowest BCUT2D eigenvalue weighted by molar-refractivity contribution is 0.00578. The molecule has 1 fully saturated rings. The van der Waals surface area contributed by atoms with Crippen LogP contribution < -0.4 is 11.4 Å². The fourth-order valence-electron chi connectivity index (χ4n) is 1.46. The molecular formula is C9H16BN3O2. The minimum absolute atomic E-state index is 0.345. The van der Waals surface area contributed by atoms with Crippen LogP contribution in [0.2, 0.25) is 0 Å². The van der Waals surface area contributed by atoms with Crippen LogP contribution in [0.1, 0.15) is 27.7 Å². The van der Waals surface area contributed by atoms with Crippen molar-refractivity contribution in [3.63, 3.8) is 0 Å². The maximum atomic E-state index is 5.83. The van der Waals surface area contributed by atoms with E-state index >= 15 is 0 Å². The summed E-state index contributed by atoms with van der Waals surface area (Å²) in [5.74, 6) is 5.69. The molecular weight excluding hydrogens is 193 g/mol. The van der Waals surface area contributed by atoms with E-state index in [1.165, 1.54) is 11.0 Å². The molecule has 0 aromatic carbocycles. The van der Waals surface area contributed by atoms with Crippen LogP contribution in [0.25, 0.3) is 0 Å². The fraction of sp³-hybridized carbons (Fsp3) is 0.667. The molecule has 0 radical (unpaired) electrons. The molecule has 0 saturated carbocycles. The minimum atomic E-state index is -0.442. The Bertz CT molecular complexity index is 359. The summed E-state index contributed by atoms with van der Waals surface area (Å²) in [5, 5.41) is 0. The van der Waals surface area contributed by atoms with E-state index in [1.807, 2.05) is 27.7 Å². The van der Waals surface area contributed by atoms with Crippen molar-refractivity contribution < 1.29 is 9.31 Å². The molecule has 0 atom stereocenters. The van der Waals surface area contributed by atoms with Crippen LogP contribution in [-0.4, -0.2) is 28.0 Å². The second-order valence-corrected chi connectivity index (χ2v) is 4.81. The molecule has 1 aliphatic rings. The standard InChI is InChI=1S/C9H16BN3O2/c1-8(2)9(3,4)15-10(14-8)7-5-12-6-13(7)11/h5-6H,11H2,1-4H3. The maximum Gasteiger partial charge on any atom is 0.516 e. The van der Waals surface area contributed by atoms with Gasteiger partial charge in [-0.25, -0.2) is 4.98 Å². The van der Waals surface area contributed by atoms with Crippen LogP contribution in [0.15, 0.2) is 12.5 Å². The third kappa shape index (κ3) is 1.53. The number of hydrogen-bond donors (Lipinski definition) is 1. The molecule has 2 rings (SSSR count). The highest BCUT2D eigenvalue weighted by Gasteiger charge is 2.52. The first-order chi connectivity index (χ1) is 6.83. The van der Waals surface area contributed by atoms with Gasteiger partial charge in [0.1, 0.15) is 6.33 Å². The molecule has 1 aliphatic heterocycles. The molecule has 5 nitrogen and oxygen atoms in total. The highest BCUT2D eigenvalue weighted by Crippen LogP contribution is 2.36. The number of nitrogens with zero attached hydrogens (tertiary/aromatic N) is 2. The largest absolute Gasteiger partial charge is 0.516 e. The van der Waals surface area contributed by atoms with Gasteiger partial charge in [-0.05, 0) is 27.7 Å². The normalized spacial score (nSPS) is 23.3. The molecule has 6 heteroatoms. The fourth-order valence-corrected chi connectivity index (χ4v) is 1.46. The van der Waals surface area contributed by atoms with Gasteiger partial charge in [0.25, 0.3) is 0 Å². The molecule has 1 aromatic rings. The van der Waals surface area contributed by atoms with Crippen LogP contribution in [-0.2, 0) is 9.31 Å². The first-order valence-corrected chi connectivity index (χ1v) is 4.96. The van der Waals surface area contributed by atoms with Crippen molar-refractivity contribution in [2.45, 2.75) is 38.9 Å². The first kappa shape index (κ1) is 10.5. The molecule has 0 amide bonds. The number of hydrogen-bond acceptors (Lipinski definition) is 4. The second kappa shape index (κ2) is 2.99. The van der Waals surface area contributed by atoms with E-state index in [9.17, 15) is 0 Å². The average molecular weight is 209 g/mol. The van der Waals surface area contributed by atoms with Gasteiger partial charge >= 0.3 is 7.12 Å². The molecule has 0 unspecified atom stereocenters. The summed E-state index contributed by atoms with van der Waals surface area (Å²) < 4.78 is 13.1. The van der Waals surface area contributed by atoms with Crippen molar-refractivity contribution in [3.8, 4) is 0 Å². The quantitative estimate of drug-likeness (QED) is 0.518. The van der Waals surface area contributed by atoms with Gasteiger partial charge in [0.15, 0.2) is 0 Å². The molecule has 0 spiro atoms. The predicted octanol–water partition coefficient (Wildman–Crippen LogP) is -0.104. The highest BCUT2D eigenvalue weighted by molar-refractivity contribution is 6.61. The second-order valence-electron chi connectivity index (χ2n) is 4.81. The van der Waals surface area contributed by atoms with Gasteiger partial charge in [0, 0.05) is 6.20 Å². The van der Waals surface area contributed by atoms with Crippen LogP contribution in [0.3, 0.4) is 0 Å². The molecule has 0 aliphatic carbocycles. The summed E-state index contributed by atoms with van der Waals surface area (Å²) >= 11 is 0. The van der Waals surface area contributed by atoms with Crippen molar-refractivity contribution in [2.24, 2.45) is 0 Å². The zero-order valence-electron chi connectivity index (χ0n) is 9.52. The smallest absolute Gasteiger partial charge is 0.398 e. The Labute approximate surface area is 89.7 Å². The van der Waals surface area contributed by atoms with Gasteiger partial charge in [0.05, 0.1) is 16.8 Å². The lowest BCUT2D eigenvalue weighted by atomic mass is 9.85. The molecule has 82 valence electrons. The Kier molecular flexibility index (Phi) is 2.10. The molecule has 2 heterocycles. The van der Waals surface area contributed by atoms with Gasteiger partial charge in [-0.1, -0.05) is 0 Å². The van der Waals surface area contributed by atoms with Gasteiger partial charge in [0.2, 0.25) is 0 Å². The number of aromatic nitrogens is 2. The summed E-state index contributed by atoms with van der Waals surface area (Å²) in [6, 6.07) is 0. The third-order valence-electron chi connectivity index (χ3n) is 3.19. The van der Waals surface area contributed by atoms with E-state index in [1.54, 1.807) is 6.20 Å². The molecule has 1 aromatic heterocycles. The Morgan fingerprint density at radius 3 is 2.20 bits per heavy atom. The van der Waals surface area contributed by atoms with Crippen LogP contribution in [0.5, 0.6) is 0 Å². The number of rotatable bonds is 1. The monoisotopic (exact) mass is 209 g/mol. The maximum absolute atomic E-state index is 5.83. The summed E-state index contributed by atoms with van der Waals surface area (Å²) in [7, 11) is -0.442. The van der Waals surface area contributed by atoms with Gasteiger partial charge < -0.3 is 15.2 Å². The lowest BCUT2D eigenvalue weighted by Crippen LogP contribution is -2.41. The number of imidazole rings is 1. The van der Waals surface area contributed by atoms with Crippen LogP contribution in [0.4, 0.5) is 0 Å². The Morgan fingerprint density at radius 1 is 1.27 bits per heavy atom. The van der Waals surface area contributed by atoms with Crippen LogP contribution in [0, 0.1) is 0 Å². The number of nitrogen functional groups attached to an aromatic ring is 1. The van der Waals surface area contributed by atoms with Crippen molar-refractivity contribution in [1.29, 1.82) is 0 Å². The van der Waals surface area contributed by atoms with Crippen molar-refractivity contribution in [1.82, 2.24) is 9.66 Å². The summed E-state index contributed by atoms with van der Waals surface area (Å²) in [5.41, 5.74) is 0.0396. The molecule has 2 N–H and O–H groups in total. The average Bonchev–Trinajstić information content (AvgIpc) is 2.55. The Morgan fingerprint density at radius 2 is 1.80 bits per heavy atom. The highest BCUT2D eigenvalue weighted by atomic mass is 16.7. The summed E-state index contributed by atoms with van der Waals surface area (Å²) in [6.45, 7) is 8.02. The van der Waals surface area contributed by atoms with Gasteiger partial charge in [-0.2, -0.15) is 0 Å². The first-order valence-electron chi connectivity index (χ1n) is 4.96. The van der Waals surface area contributed by atoms with E-state index < -0.39 is 7.12 Å². The zero-order valence-corrected chi connectivity index (χ0v) is 9.52. The van der Waals surface area contributed by atoms with Crippen molar-refractivity contribution >= 4 is 12.7 Å². The van der Waals surface area contributed by atoms with Crippen molar-refractivity contribution in [2.75, 3.05) is 5.84 Å². The SMILES string of the molecule is CC1(C)OB(c2cncn2N)OC1(C)C. The van der Waals surface area contributed by atoms with Crippen molar-refractivity contribution in [3.05, 3.63) is 12.5 Å². The van der Waals surface area contributed by atoms with Gasteiger partial charge in [-0.3, -0.25) is 4.68 Å². The predicted molar refractivity (Wildman–Crippen MR) is 58.1 cm³/mol. The Balaban J connectivity index is 2.27. The molecule has 0 bridgehead atoms. The molecule has 1 saturated heterocycles. The van der Waals surface area contributed by atoms with E-state index in [2.05, 4.69) is 4.98 Å². The van der Waals surface area contributed by atoms with Crippen LogP contribution >= 0.6 is 0 Å². The van der Waals surface area contributed by atoms with Gasteiger partial charge in [-0.15, -0.1) is 0 Å². The molecule has 15 heavy (non-hydrogen) atoms. The number of nitrogens with two attached hydrogens (primary N) is 1. The van der Waals surface area contributed by atoms with E-state index in [4.69, 9.17) is 15.2 Å². The zero-order chi connectivity index (χ0) is 11.3. The Hall–Kier alpha value is -1.01.